The van der Waals surface area contributed by atoms with E-state index in [0.29, 0.717) is 24.6 Å². The molecular formula is C21H25N2O4. The summed E-state index contributed by atoms with van der Waals surface area (Å²) in [6, 6.07) is 11.6. The first kappa shape index (κ1) is 19.0. The summed E-state index contributed by atoms with van der Waals surface area (Å²) in [5, 5.41) is 3.21. The average molecular weight is 369 g/mol. The van der Waals surface area contributed by atoms with Crippen molar-refractivity contribution in [1.29, 1.82) is 0 Å². The van der Waals surface area contributed by atoms with Crippen molar-refractivity contribution >= 4 is 6.09 Å². The van der Waals surface area contributed by atoms with E-state index in [2.05, 4.69) is 12.2 Å². The second kappa shape index (κ2) is 8.77. The Hall–Kier alpha value is -2.73. The first-order valence-corrected chi connectivity index (χ1v) is 8.92. The molecule has 6 nitrogen and oxygen atoms in total. The fourth-order valence-electron chi connectivity index (χ4n) is 3.09. The summed E-state index contributed by atoms with van der Waals surface area (Å²) in [6.07, 6.45) is -0.301. The van der Waals surface area contributed by atoms with E-state index in [4.69, 9.17) is 14.2 Å². The van der Waals surface area contributed by atoms with E-state index in [1.807, 2.05) is 36.4 Å². The standard InChI is InChI=1S/C21H25N2O4/c1-15-4-6-17(7-5-15)20-18(25-2)12-16(13-19(20)26-3)14-27-21(24)23-10-8-22-9-11-23/h4-7,12-13,22H,1,8-11,14H2,2-3H3. The molecular weight excluding hydrogens is 344 g/mol. The highest BCUT2D eigenvalue weighted by Crippen LogP contribution is 2.39. The van der Waals surface area contributed by atoms with Crippen LogP contribution in [0.5, 0.6) is 11.5 Å². The summed E-state index contributed by atoms with van der Waals surface area (Å²) < 4.78 is 16.6. The second-order valence-electron chi connectivity index (χ2n) is 6.36. The molecule has 0 aromatic heterocycles. The number of piperazine rings is 1. The monoisotopic (exact) mass is 369 g/mol. The summed E-state index contributed by atoms with van der Waals surface area (Å²) in [6.45, 7) is 6.97. The molecule has 27 heavy (non-hydrogen) atoms. The van der Waals surface area contributed by atoms with Crippen LogP contribution < -0.4 is 14.8 Å². The lowest BCUT2D eigenvalue weighted by Crippen LogP contribution is -2.46. The minimum Gasteiger partial charge on any atom is -0.496 e. The molecule has 1 aliphatic rings. The zero-order chi connectivity index (χ0) is 19.2. The highest BCUT2D eigenvalue weighted by atomic mass is 16.6. The average Bonchev–Trinajstić information content (AvgIpc) is 2.72. The van der Waals surface area contributed by atoms with E-state index in [0.717, 1.165) is 35.3 Å². The Morgan fingerprint density at radius 3 is 2.22 bits per heavy atom. The number of methoxy groups -OCH3 is 2. The largest absolute Gasteiger partial charge is 0.496 e. The minimum absolute atomic E-state index is 0.160. The molecule has 0 bridgehead atoms. The topological polar surface area (TPSA) is 60.0 Å². The molecule has 0 saturated carbocycles. The Labute approximate surface area is 160 Å². The van der Waals surface area contributed by atoms with Crippen molar-refractivity contribution in [2.24, 2.45) is 0 Å². The van der Waals surface area contributed by atoms with Gasteiger partial charge in [-0.3, -0.25) is 0 Å². The molecule has 0 atom stereocenters. The van der Waals surface area contributed by atoms with Crippen molar-refractivity contribution < 1.29 is 19.0 Å². The van der Waals surface area contributed by atoms with E-state index in [9.17, 15) is 4.79 Å². The normalized spacial score (nSPS) is 14.0. The van der Waals surface area contributed by atoms with Crippen molar-refractivity contribution in [1.82, 2.24) is 10.2 Å². The van der Waals surface area contributed by atoms with Crippen LogP contribution in [-0.4, -0.2) is 51.4 Å². The maximum atomic E-state index is 12.2. The zero-order valence-electron chi connectivity index (χ0n) is 15.8. The van der Waals surface area contributed by atoms with Gasteiger partial charge in [-0.05, 0) is 35.7 Å². The number of amides is 1. The van der Waals surface area contributed by atoms with Crippen LogP contribution in [0.1, 0.15) is 11.1 Å². The Bertz CT molecular complexity index is 758. The number of benzene rings is 2. The Balaban J connectivity index is 1.80. The van der Waals surface area contributed by atoms with Crippen molar-refractivity contribution in [3.05, 3.63) is 54.4 Å². The van der Waals surface area contributed by atoms with Gasteiger partial charge < -0.3 is 24.4 Å². The predicted octanol–water partition coefficient (Wildman–Crippen LogP) is 3.09. The van der Waals surface area contributed by atoms with Gasteiger partial charge in [-0.15, -0.1) is 0 Å². The third-order valence-corrected chi connectivity index (χ3v) is 4.55. The van der Waals surface area contributed by atoms with Gasteiger partial charge in [-0.25, -0.2) is 4.79 Å². The van der Waals surface area contributed by atoms with Gasteiger partial charge in [0.2, 0.25) is 0 Å². The quantitative estimate of drug-likeness (QED) is 0.878. The van der Waals surface area contributed by atoms with Gasteiger partial charge in [-0.1, -0.05) is 24.3 Å². The van der Waals surface area contributed by atoms with Crippen LogP contribution in [0.3, 0.4) is 0 Å². The lowest BCUT2D eigenvalue weighted by atomic mass is 10.00. The molecule has 1 amide bonds. The number of nitrogens with one attached hydrogen (secondary N) is 1. The van der Waals surface area contributed by atoms with Crippen molar-refractivity contribution in [3.8, 4) is 22.6 Å². The lowest BCUT2D eigenvalue weighted by molar-refractivity contribution is 0.0917. The second-order valence-corrected chi connectivity index (χ2v) is 6.36. The molecule has 1 radical (unpaired) electrons. The van der Waals surface area contributed by atoms with Crippen LogP contribution in [0, 0.1) is 6.92 Å². The molecule has 1 heterocycles. The fraction of sp³-hybridized carbons (Fsp3) is 0.333. The molecule has 0 unspecified atom stereocenters. The molecule has 0 spiro atoms. The van der Waals surface area contributed by atoms with Gasteiger partial charge in [-0.2, -0.15) is 0 Å². The fourth-order valence-corrected chi connectivity index (χ4v) is 3.09. The summed E-state index contributed by atoms with van der Waals surface area (Å²) in [7, 11) is 3.23. The summed E-state index contributed by atoms with van der Waals surface area (Å²) in [5.74, 6) is 1.33. The Morgan fingerprint density at radius 2 is 1.67 bits per heavy atom. The number of nitrogens with zero attached hydrogens (tertiary/aromatic N) is 1. The van der Waals surface area contributed by atoms with E-state index in [1.54, 1.807) is 19.1 Å². The maximum Gasteiger partial charge on any atom is 0.410 e. The van der Waals surface area contributed by atoms with Gasteiger partial charge in [0.25, 0.3) is 0 Å². The van der Waals surface area contributed by atoms with Crippen LogP contribution in [0.2, 0.25) is 0 Å². The Morgan fingerprint density at radius 1 is 1.07 bits per heavy atom. The van der Waals surface area contributed by atoms with E-state index < -0.39 is 0 Å². The molecule has 2 aromatic rings. The molecule has 1 fully saturated rings. The molecule has 3 rings (SSSR count). The summed E-state index contributed by atoms with van der Waals surface area (Å²) in [5.41, 5.74) is 3.58. The molecule has 143 valence electrons. The SMILES string of the molecule is [CH2]c1ccc(-c2c(OC)cc(COC(=O)N3CCNCC3)cc2OC)cc1. The Kier molecular flexibility index (Phi) is 6.19. The van der Waals surface area contributed by atoms with Gasteiger partial charge in [0.1, 0.15) is 18.1 Å². The van der Waals surface area contributed by atoms with E-state index >= 15 is 0 Å². The summed E-state index contributed by atoms with van der Waals surface area (Å²) in [4.78, 5) is 13.9. The number of rotatable bonds is 5. The molecule has 1 N–H and O–H groups in total. The van der Waals surface area contributed by atoms with E-state index in [1.165, 1.54) is 0 Å². The summed E-state index contributed by atoms with van der Waals surface area (Å²) >= 11 is 0. The predicted molar refractivity (Wildman–Crippen MR) is 104 cm³/mol. The van der Waals surface area contributed by atoms with Crippen LogP contribution >= 0.6 is 0 Å². The molecule has 0 aliphatic carbocycles. The number of hydrogen-bond acceptors (Lipinski definition) is 5. The van der Waals surface area contributed by atoms with Crippen LogP contribution in [0.25, 0.3) is 11.1 Å². The molecule has 2 aromatic carbocycles. The molecule has 1 saturated heterocycles. The van der Waals surface area contributed by atoms with Gasteiger partial charge >= 0.3 is 6.09 Å². The van der Waals surface area contributed by atoms with Gasteiger partial charge in [0.15, 0.2) is 0 Å². The van der Waals surface area contributed by atoms with Crippen LogP contribution in [0.4, 0.5) is 4.79 Å². The first-order valence-electron chi connectivity index (χ1n) is 8.92. The molecule has 1 aliphatic heterocycles. The van der Waals surface area contributed by atoms with Crippen LogP contribution in [-0.2, 0) is 11.3 Å². The number of carbonyl (C=O) groups excluding carboxylic acids is 1. The van der Waals surface area contributed by atoms with Crippen molar-refractivity contribution in [3.63, 3.8) is 0 Å². The van der Waals surface area contributed by atoms with E-state index in [-0.39, 0.29) is 12.7 Å². The van der Waals surface area contributed by atoms with Gasteiger partial charge in [0.05, 0.1) is 19.8 Å². The zero-order valence-corrected chi connectivity index (χ0v) is 15.8. The number of carbonyl (C=O) groups is 1. The highest BCUT2D eigenvalue weighted by molar-refractivity contribution is 5.78. The minimum atomic E-state index is -0.301. The maximum absolute atomic E-state index is 12.2. The third kappa shape index (κ3) is 4.52. The van der Waals surface area contributed by atoms with Crippen molar-refractivity contribution in [2.75, 3.05) is 40.4 Å². The third-order valence-electron chi connectivity index (χ3n) is 4.55. The highest BCUT2D eigenvalue weighted by Gasteiger charge is 2.19. The molecule has 6 heteroatoms. The van der Waals surface area contributed by atoms with Crippen molar-refractivity contribution in [2.45, 2.75) is 6.61 Å². The van der Waals surface area contributed by atoms with Gasteiger partial charge in [0, 0.05) is 26.2 Å². The van der Waals surface area contributed by atoms with Crippen LogP contribution in [0.15, 0.2) is 36.4 Å². The number of hydrogen-bond donors (Lipinski definition) is 1. The smallest absolute Gasteiger partial charge is 0.410 e. The lowest BCUT2D eigenvalue weighted by Gasteiger charge is -2.26. The number of ether oxygens (including phenoxy) is 3. The first-order chi connectivity index (χ1) is 13.1.